The fourth-order valence-electron chi connectivity index (χ4n) is 3.92. The molecular weight excluding hydrogens is 374 g/mol. The largest absolute Gasteiger partial charge is 0.350 e. The summed E-state index contributed by atoms with van der Waals surface area (Å²) in [6, 6.07) is 17.6. The molecule has 5 nitrogen and oxygen atoms in total. The zero-order chi connectivity index (χ0) is 20.0. The molecule has 0 radical (unpaired) electrons. The highest BCUT2D eigenvalue weighted by Gasteiger charge is 2.24. The van der Waals surface area contributed by atoms with Crippen LogP contribution in [0.5, 0.6) is 0 Å². The van der Waals surface area contributed by atoms with Gasteiger partial charge in [-0.15, -0.1) is 5.10 Å². The van der Waals surface area contributed by atoms with Crippen molar-refractivity contribution in [1.29, 1.82) is 0 Å². The van der Waals surface area contributed by atoms with Crippen molar-refractivity contribution in [2.45, 2.75) is 19.6 Å². The van der Waals surface area contributed by atoms with Crippen LogP contribution >= 0.6 is 0 Å². The first-order valence-corrected chi connectivity index (χ1v) is 9.43. The minimum Gasteiger partial charge on any atom is -0.290 e. The smallest absolute Gasteiger partial charge is 0.290 e. The molecule has 0 amide bonds. The van der Waals surface area contributed by atoms with E-state index in [4.69, 9.17) is 0 Å². The Kier molecular flexibility index (Phi) is 4.24. The van der Waals surface area contributed by atoms with Crippen molar-refractivity contribution in [2.24, 2.45) is 0 Å². The molecule has 0 aliphatic carbocycles. The molecule has 3 aromatic carbocycles. The van der Waals surface area contributed by atoms with Gasteiger partial charge < -0.3 is 0 Å². The number of halogens is 2. The first-order chi connectivity index (χ1) is 14.1. The van der Waals surface area contributed by atoms with Crippen molar-refractivity contribution in [1.82, 2.24) is 19.2 Å². The molecule has 7 heteroatoms. The third-order valence-corrected chi connectivity index (χ3v) is 5.36. The number of rotatable bonds is 3. The summed E-state index contributed by atoms with van der Waals surface area (Å²) in [4.78, 5) is 14.9. The molecule has 4 aromatic rings. The quantitative estimate of drug-likeness (QED) is 0.536. The molecule has 1 aliphatic heterocycles. The summed E-state index contributed by atoms with van der Waals surface area (Å²) in [5.41, 5.74) is 0.761. The molecule has 2 heterocycles. The van der Waals surface area contributed by atoms with Crippen LogP contribution in [0.15, 0.2) is 65.5 Å². The zero-order valence-corrected chi connectivity index (χ0v) is 15.6. The summed E-state index contributed by atoms with van der Waals surface area (Å²) in [6.07, 6.45) is 0. The van der Waals surface area contributed by atoms with E-state index in [2.05, 4.69) is 34.3 Å². The summed E-state index contributed by atoms with van der Waals surface area (Å²) in [5, 5.41) is 6.72. The van der Waals surface area contributed by atoms with Gasteiger partial charge >= 0.3 is 5.69 Å². The van der Waals surface area contributed by atoms with Crippen LogP contribution in [0.2, 0.25) is 0 Å². The Balaban J connectivity index is 1.45. The van der Waals surface area contributed by atoms with Crippen LogP contribution in [0.4, 0.5) is 8.78 Å². The Morgan fingerprint density at radius 3 is 2.66 bits per heavy atom. The van der Waals surface area contributed by atoms with Crippen LogP contribution in [0, 0.1) is 11.6 Å². The highest BCUT2D eigenvalue weighted by molar-refractivity contribution is 5.85. The third-order valence-electron chi connectivity index (χ3n) is 5.36. The van der Waals surface area contributed by atoms with E-state index in [1.807, 2.05) is 18.2 Å². The zero-order valence-electron chi connectivity index (χ0n) is 15.6. The number of aromatic nitrogens is 3. The molecule has 29 heavy (non-hydrogen) atoms. The molecule has 1 aliphatic rings. The number of hydrogen-bond acceptors (Lipinski definition) is 3. The fourth-order valence-corrected chi connectivity index (χ4v) is 3.92. The lowest BCUT2D eigenvalue weighted by Crippen LogP contribution is -2.37. The molecule has 146 valence electrons. The highest BCUT2D eigenvalue weighted by Crippen LogP contribution is 2.22. The SMILES string of the molecule is O=c1n(-c2ccc(F)cc2F)nc2n1CCN(Cc1cccc3ccccc13)C2. The van der Waals surface area contributed by atoms with Gasteiger partial charge in [0.25, 0.3) is 0 Å². The first kappa shape index (κ1) is 17.8. The Morgan fingerprint density at radius 2 is 1.79 bits per heavy atom. The van der Waals surface area contributed by atoms with Crippen LogP contribution in [-0.4, -0.2) is 25.8 Å². The van der Waals surface area contributed by atoms with Crippen LogP contribution in [-0.2, 0) is 19.6 Å². The van der Waals surface area contributed by atoms with E-state index in [0.717, 1.165) is 23.4 Å². The van der Waals surface area contributed by atoms with E-state index in [0.29, 0.717) is 25.5 Å². The molecule has 0 atom stereocenters. The summed E-state index contributed by atoms with van der Waals surface area (Å²) >= 11 is 0. The van der Waals surface area contributed by atoms with Gasteiger partial charge in [0.2, 0.25) is 0 Å². The predicted molar refractivity (Wildman–Crippen MR) is 106 cm³/mol. The average Bonchev–Trinajstić information content (AvgIpc) is 3.04. The molecule has 5 rings (SSSR count). The van der Waals surface area contributed by atoms with E-state index < -0.39 is 17.3 Å². The van der Waals surface area contributed by atoms with E-state index in [1.54, 1.807) is 4.57 Å². The van der Waals surface area contributed by atoms with E-state index >= 15 is 0 Å². The summed E-state index contributed by atoms with van der Waals surface area (Å²) in [6.45, 7) is 2.37. The van der Waals surface area contributed by atoms with Gasteiger partial charge in [-0.05, 0) is 28.5 Å². The van der Waals surface area contributed by atoms with Gasteiger partial charge in [0, 0.05) is 25.7 Å². The maximum atomic E-state index is 14.1. The Morgan fingerprint density at radius 1 is 0.966 bits per heavy atom. The van der Waals surface area contributed by atoms with Crippen molar-refractivity contribution < 1.29 is 8.78 Å². The van der Waals surface area contributed by atoms with Crippen molar-refractivity contribution in [3.8, 4) is 5.69 Å². The number of nitrogens with zero attached hydrogens (tertiary/aromatic N) is 4. The maximum absolute atomic E-state index is 14.1. The van der Waals surface area contributed by atoms with E-state index in [9.17, 15) is 13.6 Å². The molecule has 0 spiro atoms. The standard InChI is InChI=1S/C22H18F2N4O/c23-17-8-9-20(19(24)12-17)28-22(29)27-11-10-26(14-21(27)25-28)13-16-6-3-5-15-4-1-2-7-18(15)16/h1-9,12H,10-11,13-14H2. The summed E-state index contributed by atoms with van der Waals surface area (Å²) < 4.78 is 29.9. The molecular formula is C22H18F2N4O. The molecule has 0 bridgehead atoms. The maximum Gasteiger partial charge on any atom is 0.350 e. The van der Waals surface area contributed by atoms with Gasteiger partial charge in [-0.25, -0.2) is 13.6 Å². The van der Waals surface area contributed by atoms with Crippen LogP contribution in [0.25, 0.3) is 16.5 Å². The second kappa shape index (κ2) is 6.93. The van der Waals surface area contributed by atoms with Gasteiger partial charge in [-0.2, -0.15) is 4.68 Å². The monoisotopic (exact) mass is 392 g/mol. The van der Waals surface area contributed by atoms with Crippen molar-refractivity contribution in [3.63, 3.8) is 0 Å². The van der Waals surface area contributed by atoms with Gasteiger partial charge in [0.1, 0.15) is 17.3 Å². The lowest BCUT2D eigenvalue weighted by molar-refractivity contribution is 0.208. The number of hydrogen-bond donors (Lipinski definition) is 0. The summed E-state index contributed by atoms with van der Waals surface area (Å²) in [5.74, 6) is -0.926. The average molecular weight is 392 g/mol. The van der Waals surface area contributed by atoms with Crippen molar-refractivity contribution in [3.05, 3.63) is 94.2 Å². The second-order valence-corrected chi connectivity index (χ2v) is 7.21. The molecule has 0 saturated heterocycles. The van der Waals surface area contributed by atoms with Crippen LogP contribution in [0.1, 0.15) is 11.4 Å². The van der Waals surface area contributed by atoms with E-state index in [1.165, 1.54) is 22.4 Å². The van der Waals surface area contributed by atoms with Crippen molar-refractivity contribution >= 4 is 10.8 Å². The second-order valence-electron chi connectivity index (χ2n) is 7.21. The minimum atomic E-state index is -0.810. The molecule has 0 unspecified atom stereocenters. The van der Waals surface area contributed by atoms with E-state index in [-0.39, 0.29) is 5.69 Å². The fraction of sp³-hybridized carbons (Fsp3) is 0.182. The number of fused-ring (bicyclic) bond motifs is 2. The minimum absolute atomic E-state index is 0.0427. The Labute approximate surface area is 165 Å². The third kappa shape index (κ3) is 3.13. The van der Waals surface area contributed by atoms with Crippen molar-refractivity contribution in [2.75, 3.05) is 6.54 Å². The first-order valence-electron chi connectivity index (χ1n) is 9.43. The lowest BCUT2D eigenvalue weighted by atomic mass is 10.0. The molecule has 0 saturated carbocycles. The molecule has 1 aromatic heterocycles. The molecule has 0 fully saturated rings. The lowest BCUT2D eigenvalue weighted by Gasteiger charge is -2.26. The van der Waals surface area contributed by atoms with Gasteiger partial charge in [0.05, 0.1) is 6.54 Å². The topological polar surface area (TPSA) is 43.1 Å². The Hall–Kier alpha value is -3.32. The van der Waals surface area contributed by atoms with Crippen LogP contribution < -0.4 is 5.69 Å². The number of benzene rings is 3. The Bertz CT molecular complexity index is 1270. The summed E-state index contributed by atoms with van der Waals surface area (Å²) in [7, 11) is 0. The van der Waals surface area contributed by atoms with Gasteiger partial charge in [-0.1, -0.05) is 42.5 Å². The normalized spacial score (nSPS) is 14.3. The predicted octanol–water partition coefficient (Wildman–Crippen LogP) is 3.48. The molecule has 0 N–H and O–H groups in total. The highest BCUT2D eigenvalue weighted by atomic mass is 19.1. The van der Waals surface area contributed by atoms with Crippen LogP contribution in [0.3, 0.4) is 0 Å². The van der Waals surface area contributed by atoms with Gasteiger partial charge in [-0.3, -0.25) is 9.47 Å². The van der Waals surface area contributed by atoms with Gasteiger partial charge in [0.15, 0.2) is 5.82 Å².